The van der Waals surface area contributed by atoms with Crippen molar-refractivity contribution in [2.24, 2.45) is 5.41 Å². The summed E-state index contributed by atoms with van der Waals surface area (Å²) < 4.78 is 26.9. The van der Waals surface area contributed by atoms with Gasteiger partial charge >= 0.3 is 12.0 Å². The average Bonchev–Trinajstić information content (AvgIpc) is 2.96. The first-order chi connectivity index (χ1) is 12.0. The molecule has 1 heterocycles. The number of hydrogen-bond acceptors (Lipinski definition) is 4. The van der Waals surface area contributed by atoms with Crippen LogP contribution in [0, 0.1) is 5.41 Å². The Morgan fingerprint density at radius 2 is 2.04 bits per heavy atom. The highest BCUT2D eigenvalue weighted by atomic mass is 32.2. The molecule has 0 bridgehead atoms. The number of hydrogen-bond donors (Lipinski definition) is 3. The van der Waals surface area contributed by atoms with Crippen LogP contribution in [0.15, 0.2) is 29.2 Å². The highest BCUT2D eigenvalue weighted by Gasteiger charge is 2.42. The molecule has 1 saturated heterocycles. The highest BCUT2D eigenvalue weighted by molar-refractivity contribution is 7.89. The Hall–Kier alpha value is -2.13. The van der Waals surface area contributed by atoms with Crippen LogP contribution in [0.3, 0.4) is 0 Å². The second kappa shape index (κ2) is 7.63. The summed E-state index contributed by atoms with van der Waals surface area (Å²) in [4.78, 5) is 25.1. The molecule has 0 saturated carbocycles. The molecule has 8 nitrogen and oxygen atoms in total. The van der Waals surface area contributed by atoms with Crippen LogP contribution >= 0.6 is 0 Å². The lowest BCUT2D eigenvalue weighted by Crippen LogP contribution is -2.40. The van der Waals surface area contributed by atoms with Gasteiger partial charge in [0.2, 0.25) is 10.0 Å². The standard InChI is InChI=1S/C17H25N3O5S/c1-12(2)19-26(24,25)14-6-4-5-13(9-14)10-18-16(23)20-8-7-17(3,11-20)15(21)22/h4-6,9,12,19H,7-8,10-11H2,1-3H3,(H,18,23)(H,21,22). The summed E-state index contributed by atoms with van der Waals surface area (Å²) in [5.41, 5.74) is -0.279. The minimum Gasteiger partial charge on any atom is -0.481 e. The van der Waals surface area contributed by atoms with E-state index < -0.39 is 21.4 Å². The van der Waals surface area contributed by atoms with E-state index in [1.165, 1.54) is 17.0 Å². The van der Waals surface area contributed by atoms with Crippen LogP contribution in [-0.4, -0.2) is 49.6 Å². The smallest absolute Gasteiger partial charge is 0.317 e. The molecule has 0 radical (unpaired) electrons. The number of carbonyl (C=O) groups excluding carboxylic acids is 1. The van der Waals surface area contributed by atoms with E-state index in [4.69, 9.17) is 0 Å². The number of carbonyl (C=O) groups is 2. The second-order valence-electron chi connectivity index (χ2n) is 7.12. The lowest BCUT2D eigenvalue weighted by molar-refractivity contribution is -0.147. The van der Waals surface area contributed by atoms with Crippen molar-refractivity contribution < 1.29 is 23.1 Å². The third kappa shape index (κ3) is 4.73. The van der Waals surface area contributed by atoms with Gasteiger partial charge in [-0.25, -0.2) is 17.9 Å². The third-order valence-electron chi connectivity index (χ3n) is 4.32. The van der Waals surface area contributed by atoms with Crippen LogP contribution in [0.2, 0.25) is 0 Å². The Morgan fingerprint density at radius 3 is 2.62 bits per heavy atom. The Kier molecular flexibility index (Phi) is 5.92. The summed E-state index contributed by atoms with van der Waals surface area (Å²) in [6.45, 7) is 5.79. The number of rotatable bonds is 6. The van der Waals surface area contributed by atoms with Gasteiger partial charge in [-0.05, 0) is 44.9 Å². The summed E-state index contributed by atoms with van der Waals surface area (Å²) >= 11 is 0. The van der Waals surface area contributed by atoms with Crippen molar-refractivity contribution in [3.63, 3.8) is 0 Å². The van der Waals surface area contributed by atoms with Crippen LogP contribution in [-0.2, 0) is 21.4 Å². The van der Waals surface area contributed by atoms with E-state index in [0.29, 0.717) is 18.5 Å². The molecule has 0 spiro atoms. The zero-order chi connectivity index (χ0) is 19.5. The molecule has 1 aliphatic rings. The van der Waals surface area contributed by atoms with Gasteiger partial charge in [0.05, 0.1) is 10.3 Å². The van der Waals surface area contributed by atoms with Crippen LogP contribution in [0.25, 0.3) is 0 Å². The molecule has 1 unspecified atom stereocenters. The molecule has 2 amide bonds. The molecule has 144 valence electrons. The maximum Gasteiger partial charge on any atom is 0.317 e. The van der Waals surface area contributed by atoms with E-state index in [2.05, 4.69) is 10.0 Å². The maximum absolute atomic E-state index is 12.2. The van der Waals surface area contributed by atoms with Crippen molar-refractivity contribution in [2.75, 3.05) is 13.1 Å². The van der Waals surface area contributed by atoms with Gasteiger partial charge in [-0.1, -0.05) is 12.1 Å². The third-order valence-corrected chi connectivity index (χ3v) is 5.98. The summed E-state index contributed by atoms with van der Waals surface area (Å²) in [6.07, 6.45) is 0.407. The van der Waals surface area contributed by atoms with E-state index in [1.54, 1.807) is 32.9 Å². The molecule has 26 heavy (non-hydrogen) atoms. The van der Waals surface area contributed by atoms with Gasteiger partial charge in [-0.2, -0.15) is 0 Å². The number of nitrogens with one attached hydrogen (secondary N) is 2. The topological polar surface area (TPSA) is 116 Å². The van der Waals surface area contributed by atoms with Crippen molar-refractivity contribution in [3.05, 3.63) is 29.8 Å². The predicted molar refractivity (Wildman–Crippen MR) is 96.1 cm³/mol. The first kappa shape index (κ1) is 20.2. The van der Waals surface area contributed by atoms with Crippen molar-refractivity contribution in [1.82, 2.24) is 14.9 Å². The van der Waals surface area contributed by atoms with E-state index >= 15 is 0 Å². The van der Waals surface area contributed by atoms with Crippen LogP contribution in [0.1, 0.15) is 32.8 Å². The van der Waals surface area contributed by atoms with Gasteiger partial charge in [0.1, 0.15) is 0 Å². The molecule has 0 aromatic heterocycles. The lowest BCUT2D eigenvalue weighted by atomic mass is 9.90. The Balaban J connectivity index is 1.99. The van der Waals surface area contributed by atoms with Crippen molar-refractivity contribution in [3.8, 4) is 0 Å². The number of urea groups is 1. The van der Waals surface area contributed by atoms with Crippen LogP contribution in [0.4, 0.5) is 4.79 Å². The summed E-state index contributed by atoms with van der Waals surface area (Å²) in [5, 5.41) is 11.9. The molecule has 1 fully saturated rings. The first-order valence-corrected chi connectivity index (χ1v) is 9.89. The molecule has 3 N–H and O–H groups in total. The zero-order valence-electron chi connectivity index (χ0n) is 15.2. The molecule has 1 aliphatic heterocycles. The minimum absolute atomic E-state index is 0.137. The fourth-order valence-electron chi connectivity index (χ4n) is 2.80. The number of likely N-dealkylation sites (tertiary alicyclic amines) is 1. The minimum atomic E-state index is -3.60. The number of aliphatic carboxylic acids is 1. The van der Waals surface area contributed by atoms with Gasteiger partial charge in [0, 0.05) is 25.7 Å². The van der Waals surface area contributed by atoms with Gasteiger partial charge < -0.3 is 15.3 Å². The van der Waals surface area contributed by atoms with E-state index in [9.17, 15) is 23.1 Å². The Bertz CT molecular complexity index is 793. The van der Waals surface area contributed by atoms with Gasteiger partial charge in [0.15, 0.2) is 0 Å². The maximum atomic E-state index is 12.2. The molecule has 1 aromatic rings. The van der Waals surface area contributed by atoms with Crippen LogP contribution in [0.5, 0.6) is 0 Å². The number of nitrogens with zero attached hydrogens (tertiary/aromatic N) is 1. The first-order valence-electron chi connectivity index (χ1n) is 8.41. The average molecular weight is 383 g/mol. The molecular weight excluding hydrogens is 358 g/mol. The largest absolute Gasteiger partial charge is 0.481 e. The van der Waals surface area contributed by atoms with E-state index in [0.717, 1.165) is 0 Å². The SMILES string of the molecule is CC(C)NS(=O)(=O)c1cccc(CNC(=O)N2CCC(C)(C(=O)O)C2)c1. The fraction of sp³-hybridized carbons (Fsp3) is 0.529. The summed E-state index contributed by atoms with van der Waals surface area (Å²) in [6, 6.07) is 5.77. The lowest BCUT2D eigenvalue weighted by Gasteiger charge is -2.20. The van der Waals surface area contributed by atoms with Crippen molar-refractivity contribution in [1.29, 1.82) is 0 Å². The Morgan fingerprint density at radius 1 is 1.35 bits per heavy atom. The highest BCUT2D eigenvalue weighted by Crippen LogP contribution is 2.30. The van der Waals surface area contributed by atoms with E-state index in [1.807, 2.05) is 0 Å². The molecule has 1 atom stereocenters. The molecular formula is C17H25N3O5S. The monoisotopic (exact) mass is 383 g/mol. The zero-order valence-corrected chi connectivity index (χ0v) is 16.0. The number of carboxylic acid groups (broad SMARTS) is 1. The molecule has 9 heteroatoms. The molecule has 1 aromatic carbocycles. The van der Waals surface area contributed by atoms with Gasteiger partial charge in [-0.3, -0.25) is 4.79 Å². The number of amides is 2. The number of benzene rings is 1. The van der Waals surface area contributed by atoms with Crippen molar-refractivity contribution in [2.45, 2.75) is 44.7 Å². The Labute approximate surface area is 153 Å². The second-order valence-corrected chi connectivity index (χ2v) is 8.83. The number of sulfonamides is 1. The van der Waals surface area contributed by atoms with E-state index in [-0.39, 0.29) is 30.1 Å². The molecule has 2 rings (SSSR count). The fourth-order valence-corrected chi connectivity index (χ4v) is 4.12. The summed E-state index contributed by atoms with van der Waals surface area (Å²) in [5.74, 6) is -0.914. The van der Waals surface area contributed by atoms with Gasteiger partial charge in [-0.15, -0.1) is 0 Å². The number of carboxylic acids is 1. The normalized spacial score (nSPS) is 20.4. The van der Waals surface area contributed by atoms with Gasteiger partial charge in [0.25, 0.3) is 0 Å². The van der Waals surface area contributed by atoms with Crippen molar-refractivity contribution >= 4 is 22.0 Å². The van der Waals surface area contributed by atoms with Crippen LogP contribution < -0.4 is 10.0 Å². The summed E-state index contributed by atoms with van der Waals surface area (Å²) in [7, 11) is -3.60. The predicted octanol–water partition coefficient (Wildman–Crippen LogP) is 1.38. The quantitative estimate of drug-likeness (QED) is 0.686. The molecule has 0 aliphatic carbocycles.